The molecule has 1 aromatic rings. The Hall–Kier alpha value is -2.50. The lowest BCUT2D eigenvalue weighted by molar-refractivity contribution is -0.143. The molecule has 7 nitrogen and oxygen atoms in total. The highest BCUT2D eigenvalue weighted by Gasteiger charge is 2.56. The van der Waals surface area contributed by atoms with Gasteiger partial charge in [0.2, 0.25) is 11.8 Å². The van der Waals surface area contributed by atoms with Gasteiger partial charge in [-0.2, -0.15) is 5.26 Å². The molecule has 2 aliphatic carbocycles. The Balaban J connectivity index is 1.15. The summed E-state index contributed by atoms with van der Waals surface area (Å²) in [6.07, 6.45) is 5.83. The Morgan fingerprint density at radius 2 is 1.97 bits per heavy atom. The number of rotatable bonds is 6. The van der Waals surface area contributed by atoms with Gasteiger partial charge in [0.05, 0.1) is 24.2 Å². The summed E-state index contributed by atoms with van der Waals surface area (Å²) >= 11 is 0. The van der Waals surface area contributed by atoms with E-state index in [9.17, 15) is 19.2 Å². The van der Waals surface area contributed by atoms with Gasteiger partial charge in [-0.15, -0.1) is 0 Å². The number of piperidine rings is 1. The maximum absolute atomic E-state index is 13.5. The van der Waals surface area contributed by atoms with Crippen LogP contribution in [0.1, 0.15) is 50.1 Å². The average molecular weight is 452 g/mol. The number of nitriles is 1. The molecule has 7 atom stereocenters. The fraction of sp³-hybridized carbons (Fsp3) is 0.640. The highest BCUT2D eigenvalue weighted by atomic mass is 19.1. The van der Waals surface area contributed by atoms with Gasteiger partial charge in [-0.3, -0.25) is 14.5 Å². The molecule has 5 aliphatic rings. The molecule has 0 radical (unpaired) electrons. The van der Waals surface area contributed by atoms with Crippen LogP contribution < -0.4 is 5.73 Å². The van der Waals surface area contributed by atoms with Gasteiger partial charge in [0, 0.05) is 25.2 Å². The Bertz CT molecular complexity index is 1010. The summed E-state index contributed by atoms with van der Waals surface area (Å²) in [5.74, 6) is 0.557. The number of carbonyl (C=O) groups excluding carboxylic acids is 2. The number of benzene rings is 1. The Morgan fingerprint density at radius 3 is 2.61 bits per heavy atom. The van der Waals surface area contributed by atoms with Gasteiger partial charge in [-0.1, -0.05) is 18.6 Å². The molecule has 2 N–H and O–H groups in total. The first-order valence-electron chi connectivity index (χ1n) is 12.3. The van der Waals surface area contributed by atoms with Crippen molar-refractivity contribution in [3.05, 3.63) is 35.6 Å². The number of piperazine rings is 1. The number of carbonyl (C=O) groups is 2. The summed E-state index contributed by atoms with van der Waals surface area (Å²) in [7, 11) is 0. The summed E-state index contributed by atoms with van der Waals surface area (Å²) in [4.78, 5) is 32.4. The van der Waals surface area contributed by atoms with Crippen LogP contribution in [-0.2, 0) is 9.59 Å². The van der Waals surface area contributed by atoms with Gasteiger partial charge in [-0.05, 0) is 61.6 Å². The van der Waals surface area contributed by atoms with E-state index in [1.165, 1.54) is 18.6 Å². The van der Waals surface area contributed by atoms with Crippen LogP contribution in [-0.4, -0.2) is 69.8 Å². The molecule has 8 heteroatoms. The molecule has 2 amide bonds. The van der Waals surface area contributed by atoms with Crippen molar-refractivity contribution < 1.29 is 14.0 Å². The summed E-state index contributed by atoms with van der Waals surface area (Å²) in [5.41, 5.74) is 7.34. The minimum atomic E-state index is -0.722. The number of nitrogens with two attached hydrogens (primary N) is 1. The van der Waals surface area contributed by atoms with E-state index in [1.807, 2.05) is 17.0 Å². The van der Waals surface area contributed by atoms with Gasteiger partial charge < -0.3 is 15.5 Å². The molecular formula is C25H30FN5O2. The number of halogens is 1. The number of nitrogens with zero attached hydrogens (tertiary/aromatic N) is 4. The molecule has 1 unspecified atom stereocenters. The fourth-order valence-electron chi connectivity index (χ4n) is 6.74. The first-order valence-corrected chi connectivity index (χ1v) is 12.3. The van der Waals surface area contributed by atoms with Gasteiger partial charge in [0.15, 0.2) is 0 Å². The molecule has 5 fully saturated rings. The lowest BCUT2D eigenvalue weighted by atomic mass is 9.76. The number of hydrogen-bond donors (Lipinski definition) is 1. The second-order valence-electron chi connectivity index (χ2n) is 10.6. The molecule has 2 bridgehead atoms. The fourth-order valence-corrected chi connectivity index (χ4v) is 6.74. The third kappa shape index (κ3) is 3.36. The van der Waals surface area contributed by atoms with Gasteiger partial charge in [0.25, 0.3) is 0 Å². The minimum absolute atomic E-state index is 0.00732. The van der Waals surface area contributed by atoms with E-state index in [0.717, 1.165) is 37.7 Å². The van der Waals surface area contributed by atoms with Crippen molar-refractivity contribution in [3.63, 3.8) is 0 Å². The first kappa shape index (κ1) is 21.1. The van der Waals surface area contributed by atoms with Crippen molar-refractivity contribution in [2.24, 2.45) is 17.6 Å². The molecule has 33 heavy (non-hydrogen) atoms. The maximum atomic E-state index is 13.5. The molecule has 1 aromatic carbocycles. The Kier molecular flexibility index (Phi) is 4.96. The third-order valence-corrected chi connectivity index (χ3v) is 8.68. The lowest BCUT2D eigenvalue weighted by Gasteiger charge is -2.45. The minimum Gasteiger partial charge on any atom is -0.330 e. The Morgan fingerprint density at radius 1 is 1.21 bits per heavy atom. The van der Waals surface area contributed by atoms with Crippen molar-refractivity contribution in [3.8, 4) is 6.07 Å². The van der Waals surface area contributed by atoms with Crippen molar-refractivity contribution in [1.29, 1.82) is 5.26 Å². The van der Waals surface area contributed by atoms with Gasteiger partial charge >= 0.3 is 0 Å². The third-order valence-electron chi connectivity index (χ3n) is 8.68. The number of fused-ring (bicyclic) bond motifs is 3. The number of hydrogen-bond acceptors (Lipinski definition) is 5. The topological polar surface area (TPSA) is 93.7 Å². The van der Waals surface area contributed by atoms with E-state index in [4.69, 9.17) is 5.73 Å². The average Bonchev–Trinajstić information content (AvgIpc) is 3.11. The van der Waals surface area contributed by atoms with E-state index < -0.39 is 6.04 Å². The van der Waals surface area contributed by atoms with Crippen LogP contribution in [0.2, 0.25) is 0 Å². The molecular weight excluding hydrogens is 421 g/mol. The van der Waals surface area contributed by atoms with Crippen LogP contribution in [0.25, 0.3) is 0 Å². The summed E-state index contributed by atoms with van der Waals surface area (Å²) in [6, 6.07) is 7.77. The molecule has 6 rings (SSSR count). The van der Waals surface area contributed by atoms with Crippen LogP contribution in [0.5, 0.6) is 0 Å². The standard InChI is InChI=1S/C25H30FN5O2/c26-17-6-4-15(5-7-17)23(14-2-1-3-14)31-19-10-22(25(31)33)29(12-19)13-20(28)24(32)30-18(11-27)8-16-9-21(16)30/h4-7,14,16,18-23H,1-3,8-10,12-13,28H2/t16-,18+,19?,20+,21+,22+,23+/m1/s1. The summed E-state index contributed by atoms with van der Waals surface area (Å²) in [5, 5.41) is 9.40. The zero-order chi connectivity index (χ0) is 22.9. The normalized spacial score (nSPS) is 34.7. The molecule has 0 aromatic heterocycles. The van der Waals surface area contributed by atoms with Crippen molar-refractivity contribution in [2.75, 3.05) is 13.1 Å². The zero-order valence-electron chi connectivity index (χ0n) is 18.6. The van der Waals surface area contributed by atoms with Crippen molar-refractivity contribution in [1.82, 2.24) is 14.7 Å². The highest BCUT2D eigenvalue weighted by Crippen LogP contribution is 2.49. The molecule has 0 spiro atoms. The largest absolute Gasteiger partial charge is 0.330 e. The van der Waals surface area contributed by atoms with E-state index in [-0.39, 0.29) is 47.8 Å². The van der Waals surface area contributed by atoms with E-state index in [1.54, 1.807) is 4.90 Å². The van der Waals surface area contributed by atoms with Crippen LogP contribution in [0.3, 0.4) is 0 Å². The van der Waals surface area contributed by atoms with Gasteiger partial charge in [0.1, 0.15) is 11.9 Å². The first-order chi connectivity index (χ1) is 16.0. The molecule has 3 saturated heterocycles. The van der Waals surface area contributed by atoms with E-state index >= 15 is 0 Å². The second kappa shape index (κ2) is 7.78. The summed E-state index contributed by atoms with van der Waals surface area (Å²) in [6.45, 7) is 1.05. The van der Waals surface area contributed by atoms with Crippen LogP contribution in [0.4, 0.5) is 4.39 Å². The SMILES string of the molecule is N#C[C@@H]1C[C@@H]2C[C@@H]2N1C(=O)[C@@H](N)CN1CC2C[C@H]1C(=O)N2[C@H](c1ccc(F)cc1)C1CCC1. The molecule has 2 saturated carbocycles. The predicted molar refractivity (Wildman–Crippen MR) is 118 cm³/mol. The second-order valence-corrected chi connectivity index (χ2v) is 10.6. The molecule has 3 heterocycles. The molecule has 3 aliphatic heterocycles. The van der Waals surface area contributed by atoms with Crippen LogP contribution in [0, 0.1) is 29.0 Å². The molecule has 174 valence electrons. The summed E-state index contributed by atoms with van der Waals surface area (Å²) < 4.78 is 13.5. The van der Waals surface area contributed by atoms with Crippen molar-refractivity contribution >= 4 is 11.8 Å². The maximum Gasteiger partial charge on any atom is 0.242 e. The van der Waals surface area contributed by atoms with Crippen molar-refractivity contribution in [2.45, 2.75) is 74.8 Å². The van der Waals surface area contributed by atoms with Gasteiger partial charge in [-0.25, -0.2) is 4.39 Å². The smallest absolute Gasteiger partial charge is 0.242 e. The zero-order valence-corrected chi connectivity index (χ0v) is 18.6. The predicted octanol–water partition coefficient (Wildman–Crippen LogP) is 1.79. The monoisotopic (exact) mass is 451 g/mol. The Labute approximate surface area is 193 Å². The van der Waals surface area contributed by atoms with E-state index in [0.29, 0.717) is 24.9 Å². The van der Waals surface area contributed by atoms with E-state index in [2.05, 4.69) is 11.0 Å². The number of likely N-dealkylation sites (tertiary alicyclic amines) is 3. The number of amides is 2. The highest BCUT2D eigenvalue weighted by molar-refractivity contribution is 5.87. The van der Waals surface area contributed by atoms with Crippen LogP contribution >= 0.6 is 0 Å². The lowest BCUT2D eigenvalue weighted by Crippen LogP contribution is -2.58. The quantitative estimate of drug-likeness (QED) is 0.712. The van der Waals surface area contributed by atoms with Crippen LogP contribution in [0.15, 0.2) is 24.3 Å².